The molecule has 0 fully saturated rings. The Morgan fingerprint density at radius 1 is 0.439 bits per heavy atom. The number of nitrogens with zero attached hydrogens (tertiary/aromatic N) is 1. The highest BCUT2D eigenvalue weighted by molar-refractivity contribution is 5.94. The van der Waals surface area contributed by atoms with E-state index in [9.17, 15) is 14.4 Å². The molecule has 0 bridgehead atoms. The highest BCUT2D eigenvalue weighted by Gasteiger charge is 2.29. The minimum Gasteiger partial charge on any atom is -0.465 e. The summed E-state index contributed by atoms with van der Waals surface area (Å²) in [6, 6.07) is 0. The van der Waals surface area contributed by atoms with Crippen molar-refractivity contribution in [3.63, 3.8) is 0 Å². The fourth-order valence-corrected chi connectivity index (χ4v) is 7.57. The van der Waals surface area contributed by atoms with Crippen molar-refractivity contribution in [1.82, 2.24) is 4.90 Å². The first-order valence-electron chi connectivity index (χ1n) is 24.9. The molecule has 57 heavy (non-hydrogen) atoms. The first-order valence-corrected chi connectivity index (χ1v) is 24.9. The predicted molar refractivity (Wildman–Crippen MR) is 240 cm³/mol. The van der Waals surface area contributed by atoms with Gasteiger partial charge in [-0.05, 0) is 96.8 Å². The Morgan fingerprint density at radius 2 is 0.807 bits per heavy atom. The van der Waals surface area contributed by atoms with E-state index in [1.807, 2.05) is 0 Å². The van der Waals surface area contributed by atoms with Crippen LogP contribution >= 0.6 is 0 Å². The molecule has 0 aromatic heterocycles. The molecule has 0 saturated carbocycles. The molecular formula is C49H96N2O6. The molecule has 2 N–H and O–H groups in total. The Bertz CT molecular complexity index is 844. The van der Waals surface area contributed by atoms with Crippen LogP contribution in [0.25, 0.3) is 0 Å². The summed E-state index contributed by atoms with van der Waals surface area (Å²) in [4.78, 5) is 41.1. The van der Waals surface area contributed by atoms with E-state index < -0.39 is 17.9 Å². The second-order valence-electron chi connectivity index (χ2n) is 16.9. The number of carbonyl (C=O) groups is 3. The minimum atomic E-state index is -0.809. The first-order chi connectivity index (χ1) is 27.9. The van der Waals surface area contributed by atoms with Crippen LogP contribution in [0.5, 0.6) is 0 Å². The topological polar surface area (TPSA) is 108 Å². The van der Waals surface area contributed by atoms with Crippen LogP contribution in [-0.2, 0) is 28.6 Å². The van der Waals surface area contributed by atoms with Gasteiger partial charge in [-0.25, -0.2) is 0 Å². The second kappa shape index (κ2) is 43.9. The van der Waals surface area contributed by atoms with Gasteiger partial charge >= 0.3 is 17.9 Å². The lowest BCUT2D eigenvalue weighted by Crippen LogP contribution is -2.29. The fourth-order valence-electron chi connectivity index (χ4n) is 7.57. The van der Waals surface area contributed by atoms with E-state index in [1.54, 1.807) is 0 Å². The summed E-state index contributed by atoms with van der Waals surface area (Å²) in [7, 11) is 0. The van der Waals surface area contributed by atoms with Gasteiger partial charge in [0.15, 0.2) is 5.92 Å². The highest BCUT2D eigenvalue weighted by atomic mass is 16.6. The van der Waals surface area contributed by atoms with E-state index in [-0.39, 0.29) is 12.1 Å². The van der Waals surface area contributed by atoms with E-state index in [4.69, 9.17) is 19.9 Å². The number of unbranched alkanes of at least 4 members (excludes halogenated alkanes) is 23. The van der Waals surface area contributed by atoms with Crippen LogP contribution in [0.15, 0.2) is 0 Å². The Balaban J connectivity index is 4.49. The second-order valence-corrected chi connectivity index (χ2v) is 16.9. The molecule has 0 aliphatic carbocycles. The van der Waals surface area contributed by atoms with Gasteiger partial charge in [0.05, 0.1) is 13.2 Å². The van der Waals surface area contributed by atoms with Crippen LogP contribution in [0.4, 0.5) is 0 Å². The van der Waals surface area contributed by atoms with Crippen molar-refractivity contribution >= 4 is 17.9 Å². The lowest BCUT2D eigenvalue weighted by Gasteiger charge is -2.22. The van der Waals surface area contributed by atoms with Gasteiger partial charge in [-0.2, -0.15) is 0 Å². The van der Waals surface area contributed by atoms with Crippen LogP contribution in [0.2, 0.25) is 0 Å². The average Bonchev–Trinajstić information content (AvgIpc) is 3.20. The predicted octanol–water partition coefficient (Wildman–Crippen LogP) is 13.2. The van der Waals surface area contributed by atoms with Crippen LogP contribution in [-0.4, -0.2) is 68.3 Å². The number of hydrogen-bond donors (Lipinski definition) is 1. The number of hydrogen-bond acceptors (Lipinski definition) is 8. The van der Waals surface area contributed by atoms with Gasteiger partial charge in [0.1, 0.15) is 6.10 Å². The van der Waals surface area contributed by atoms with Crippen molar-refractivity contribution in [3.05, 3.63) is 0 Å². The molecule has 0 aromatic rings. The summed E-state index contributed by atoms with van der Waals surface area (Å²) in [5.41, 5.74) is 5.87. The summed E-state index contributed by atoms with van der Waals surface area (Å²) in [6.45, 7) is 13.5. The summed E-state index contributed by atoms with van der Waals surface area (Å²) < 4.78 is 17.1. The van der Waals surface area contributed by atoms with Crippen LogP contribution < -0.4 is 5.73 Å². The van der Waals surface area contributed by atoms with Crippen LogP contribution in [0.1, 0.15) is 246 Å². The molecule has 0 aliphatic heterocycles. The third kappa shape index (κ3) is 37.1. The molecule has 0 heterocycles. The van der Waals surface area contributed by atoms with Gasteiger partial charge in [0, 0.05) is 6.42 Å². The fraction of sp³-hybridized carbons (Fsp3) is 0.939. The molecule has 0 saturated heterocycles. The van der Waals surface area contributed by atoms with Gasteiger partial charge in [-0.15, -0.1) is 0 Å². The molecule has 8 heteroatoms. The molecular weight excluding hydrogens is 713 g/mol. The third-order valence-corrected chi connectivity index (χ3v) is 11.4. The maximum absolute atomic E-state index is 12.9. The van der Waals surface area contributed by atoms with Crippen molar-refractivity contribution in [1.29, 1.82) is 0 Å². The lowest BCUT2D eigenvalue weighted by molar-refractivity contribution is -0.162. The zero-order valence-corrected chi connectivity index (χ0v) is 38.4. The largest absolute Gasteiger partial charge is 0.465 e. The van der Waals surface area contributed by atoms with Gasteiger partial charge < -0.3 is 24.8 Å². The summed E-state index contributed by atoms with van der Waals surface area (Å²) >= 11 is 0. The maximum Gasteiger partial charge on any atom is 0.320 e. The Hall–Kier alpha value is -1.67. The highest BCUT2D eigenvalue weighted by Crippen LogP contribution is 2.19. The number of rotatable bonds is 45. The molecule has 0 radical (unpaired) electrons. The van der Waals surface area contributed by atoms with E-state index in [0.29, 0.717) is 32.6 Å². The quantitative estimate of drug-likeness (QED) is 0.0280. The molecule has 0 unspecified atom stereocenters. The number of esters is 3. The molecule has 338 valence electrons. The summed E-state index contributed by atoms with van der Waals surface area (Å²) in [5.74, 6) is -1.62. The molecule has 0 atom stereocenters. The first kappa shape index (κ1) is 55.3. The molecule has 0 aliphatic rings. The zero-order chi connectivity index (χ0) is 41.9. The molecule has 8 nitrogen and oxygen atoms in total. The molecule has 0 rings (SSSR count). The molecule has 0 amide bonds. The standard InChI is InChI=1S/C49H96N2O6/c1-5-9-13-17-20-26-35-45(36-27-21-18-14-10-6-2)57-47(52)38-29-22-19-24-30-40-51(42-34-39-50)41-31-25-23-28-37-46(48(53)55-43-32-15-11-7-3)49(54)56-44-33-16-12-8-4/h45-46H,5-44,50H2,1-4H3. The summed E-state index contributed by atoms with van der Waals surface area (Å²) in [6.07, 6.45) is 37.3. The lowest BCUT2D eigenvalue weighted by atomic mass is 10.0. The van der Waals surface area contributed by atoms with E-state index in [2.05, 4.69) is 32.6 Å². The molecule has 0 spiro atoms. The monoisotopic (exact) mass is 809 g/mol. The van der Waals surface area contributed by atoms with Crippen molar-refractivity contribution < 1.29 is 28.6 Å². The van der Waals surface area contributed by atoms with Crippen LogP contribution in [0, 0.1) is 5.92 Å². The summed E-state index contributed by atoms with van der Waals surface area (Å²) in [5, 5.41) is 0. The van der Waals surface area contributed by atoms with E-state index in [0.717, 1.165) is 142 Å². The molecule has 0 aromatic carbocycles. The van der Waals surface area contributed by atoms with Crippen molar-refractivity contribution in [2.75, 3.05) is 39.4 Å². The number of nitrogens with two attached hydrogens (primary N) is 1. The minimum absolute atomic E-state index is 0.0101. The van der Waals surface area contributed by atoms with Gasteiger partial charge in [-0.3, -0.25) is 14.4 Å². The van der Waals surface area contributed by atoms with Gasteiger partial charge in [-0.1, -0.05) is 169 Å². The van der Waals surface area contributed by atoms with Crippen LogP contribution in [0.3, 0.4) is 0 Å². The smallest absolute Gasteiger partial charge is 0.320 e. The normalized spacial score (nSPS) is 11.6. The van der Waals surface area contributed by atoms with Gasteiger partial charge in [0.2, 0.25) is 0 Å². The van der Waals surface area contributed by atoms with Gasteiger partial charge in [0.25, 0.3) is 0 Å². The van der Waals surface area contributed by atoms with Crippen molar-refractivity contribution in [2.45, 2.75) is 252 Å². The maximum atomic E-state index is 12.9. The third-order valence-electron chi connectivity index (χ3n) is 11.4. The van der Waals surface area contributed by atoms with E-state index in [1.165, 1.54) is 83.5 Å². The van der Waals surface area contributed by atoms with E-state index >= 15 is 0 Å². The van der Waals surface area contributed by atoms with Crippen molar-refractivity contribution in [3.8, 4) is 0 Å². The Morgan fingerprint density at radius 3 is 1.26 bits per heavy atom. The van der Waals surface area contributed by atoms with Crippen molar-refractivity contribution in [2.24, 2.45) is 11.7 Å². The SMILES string of the molecule is CCCCCCCCC(CCCCCCCC)OC(=O)CCCCCCCN(CCCN)CCCCCCC(C(=O)OCCCCCC)C(=O)OCCCCCC. The Kier molecular flexibility index (Phi) is 42.6. The zero-order valence-electron chi connectivity index (χ0n) is 38.4. The Labute approximate surface area is 353 Å². The number of carbonyl (C=O) groups excluding carboxylic acids is 3. The average molecular weight is 809 g/mol. The number of ether oxygens (including phenoxy) is 3.